The molecule has 4 aromatic heterocycles. The van der Waals surface area contributed by atoms with Gasteiger partial charge in [-0.3, -0.25) is 19.9 Å². The Labute approximate surface area is 290 Å². The van der Waals surface area contributed by atoms with E-state index in [1.165, 1.54) is 16.2 Å². The molecule has 0 aliphatic rings. The molecule has 8 rings (SSSR count). The Balaban J connectivity index is 0.000000150. The maximum absolute atomic E-state index is 10.7. The van der Waals surface area contributed by atoms with Crippen molar-refractivity contribution < 1.29 is 45.0 Å². The minimum atomic E-state index is -10.7. The fraction of sp³-hybridized carbons (Fsp3) is 0. The van der Waals surface area contributed by atoms with Gasteiger partial charge in [0.05, 0.1) is 22.2 Å². The first-order chi connectivity index (χ1) is 22.7. The molecule has 8 aromatic rings. The fourth-order valence-electron chi connectivity index (χ4n) is 4.69. The van der Waals surface area contributed by atoms with Crippen LogP contribution in [0.3, 0.4) is 0 Å². The molecule has 0 saturated carbocycles. The average molecular weight is 864 g/mol. The van der Waals surface area contributed by atoms with E-state index < -0.39 is 7.81 Å². The van der Waals surface area contributed by atoms with E-state index in [0.29, 0.717) is 5.69 Å². The van der Waals surface area contributed by atoms with Crippen LogP contribution in [0.15, 0.2) is 152 Å². The number of rotatable bonds is 1. The Morgan fingerprint density at radius 2 is 0.857 bits per heavy atom. The van der Waals surface area contributed by atoms with Gasteiger partial charge >= 0.3 is 52.8 Å². The third kappa shape index (κ3) is 11.6. The van der Waals surface area contributed by atoms with Gasteiger partial charge in [-0.15, -0.1) is 5.69 Å². The minimum absolute atomic E-state index is 0. The second-order valence-corrected chi connectivity index (χ2v) is 12.2. The topological polar surface area (TPSA) is 75.4 Å². The van der Waals surface area contributed by atoms with E-state index in [1.807, 2.05) is 54.7 Å². The molecule has 0 aliphatic carbocycles. The number of benzene rings is 4. The molecule has 49 heavy (non-hydrogen) atoms. The van der Waals surface area contributed by atoms with Crippen molar-refractivity contribution in [2.24, 2.45) is 0 Å². The van der Waals surface area contributed by atoms with Gasteiger partial charge in [0, 0.05) is 51.9 Å². The first kappa shape index (κ1) is 36.8. The summed E-state index contributed by atoms with van der Waals surface area (Å²) in [6.07, 6.45) is 7.10. The van der Waals surface area contributed by atoms with Crippen LogP contribution in [0, 0.1) is 0 Å². The number of fused-ring (bicyclic) bond motifs is 6. The van der Waals surface area contributed by atoms with Crippen LogP contribution in [0.5, 0.6) is 0 Å². The SMILES string of the molecule is F[P-](F)(F)(F)(F)F.[NH-]c1ccnc(-c2ccccc2)c1.[Os+2].c1ccc2c(c1)ccc1cccnc12.c1cnc2c(c1)ccc1cccnc12. The maximum atomic E-state index is 9.87. The Kier molecular flexibility index (Phi) is 11.0. The van der Waals surface area contributed by atoms with Crippen LogP contribution in [0.25, 0.3) is 60.5 Å². The Bertz CT molecular complexity index is 2100. The number of halogens is 6. The quantitative estimate of drug-likeness (QED) is 0.0936. The first-order valence-electron chi connectivity index (χ1n) is 14.3. The third-order valence-corrected chi connectivity index (χ3v) is 6.67. The maximum Gasteiger partial charge on any atom is 2.00 e. The van der Waals surface area contributed by atoms with E-state index in [2.05, 4.69) is 86.7 Å². The van der Waals surface area contributed by atoms with Crippen molar-refractivity contribution in [3.8, 4) is 11.3 Å². The molecule has 5 nitrogen and oxygen atoms in total. The summed E-state index contributed by atoms with van der Waals surface area (Å²) in [5, 5.41) is 5.95. The summed E-state index contributed by atoms with van der Waals surface area (Å²) >= 11 is 0. The molecule has 0 aliphatic heterocycles. The molecule has 0 radical (unpaired) electrons. The molecule has 0 spiro atoms. The Hall–Kier alpha value is -5.03. The predicted molar refractivity (Wildman–Crippen MR) is 184 cm³/mol. The largest absolute Gasteiger partial charge is 2.00 e. The summed E-state index contributed by atoms with van der Waals surface area (Å²) in [6.45, 7) is 0. The van der Waals surface area contributed by atoms with Gasteiger partial charge in [0.15, 0.2) is 0 Å². The van der Waals surface area contributed by atoms with E-state index in [4.69, 9.17) is 5.73 Å². The smallest absolute Gasteiger partial charge is 0.699 e. The molecule has 0 bridgehead atoms. The zero-order valence-corrected chi connectivity index (χ0v) is 28.7. The number of aromatic nitrogens is 4. The molecule has 4 heterocycles. The Morgan fingerprint density at radius 3 is 1.39 bits per heavy atom. The molecule has 0 saturated heterocycles. The van der Waals surface area contributed by atoms with Crippen LogP contribution >= 0.6 is 7.81 Å². The van der Waals surface area contributed by atoms with Gasteiger partial charge in [0.2, 0.25) is 0 Å². The van der Waals surface area contributed by atoms with Crippen molar-refractivity contribution in [1.82, 2.24) is 19.9 Å². The monoisotopic (exact) mass is 865 g/mol. The van der Waals surface area contributed by atoms with Crippen molar-refractivity contribution >= 4 is 57.0 Å². The number of nitrogens with zero attached hydrogens (tertiary/aromatic N) is 4. The molecule has 250 valence electrons. The predicted octanol–water partition coefficient (Wildman–Crippen LogP) is 13.0. The fourth-order valence-corrected chi connectivity index (χ4v) is 4.69. The van der Waals surface area contributed by atoms with Crippen LogP contribution in [0.2, 0.25) is 0 Å². The van der Waals surface area contributed by atoms with Crippen LogP contribution < -0.4 is 0 Å². The van der Waals surface area contributed by atoms with Gasteiger partial charge < -0.3 is 5.73 Å². The van der Waals surface area contributed by atoms with Gasteiger partial charge in [-0.2, -0.15) is 0 Å². The first-order valence-corrected chi connectivity index (χ1v) is 16.3. The number of nitrogens with one attached hydrogen (secondary N) is 1. The molecule has 0 fully saturated rings. The standard InChI is InChI=1S/C13H9N.C12H8N2.C11H9N2.F6P.Os/c1-2-6-12-10(4-1)7-8-11-5-3-9-14-13(11)12;1-3-9-5-6-10-4-2-8-14-12(10)11(9)13-7-1;12-10-6-7-13-11(8-10)9-4-2-1-3-5-9;1-7(2,3,4,5)6;/h1-9H;1-8H;1-8H,(H-,12,13);;/q;;2*-1;+2. The zero-order valence-electron chi connectivity index (χ0n) is 25.3. The molecule has 0 unspecified atom stereocenters. The van der Waals surface area contributed by atoms with Gasteiger partial charge in [0.25, 0.3) is 0 Å². The average Bonchev–Trinajstić information content (AvgIpc) is 3.08. The summed E-state index contributed by atoms with van der Waals surface area (Å²) in [5.41, 5.74) is 12.9. The van der Waals surface area contributed by atoms with E-state index in [0.717, 1.165) is 38.6 Å². The van der Waals surface area contributed by atoms with Crippen molar-refractivity contribution in [1.29, 1.82) is 0 Å². The zero-order chi connectivity index (χ0) is 34.3. The van der Waals surface area contributed by atoms with Crippen LogP contribution in [0.1, 0.15) is 0 Å². The normalized spacial score (nSPS) is 12.1. The van der Waals surface area contributed by atoms with Gasteiger partial charge in [-0.05, 0) is 23.6 Å². The molecular weight excluding hydrogens is 838 g/mol. The van der Waals surface area contributed by atoms with Crippen molar-refractivity contribution in [3.63, 3.8) is 0 Å². The van der Waals surface area contributed by atoms with Crippen molar-refractivity contribution in [2.45, 2.75) is 0 Å². The van der Waals surface area contributed by atoms with Crippen LogP contribution in [-0.4, -0.2) is 19.9 Å². The second kappa shape index (κ2) is 14.6. The molecule has 1 N–H and O–H groups in total. The van der Waals surface area contributed by atoms with Gasteiger partial charge in [-0.25, -0.2) is 0 Å². The molecular formula is C36H26F6N5OsP. The van der Waals surface area contributed by atoms with E-state index in [9.17, 15) is 25.2 Å². The number of hydrogen-bond acceptors (Lipinski definition) is 4. The molecule has 13 heteroatoms. The number of pyridine rings is 4. The van der Waals surface area contributed by atoms with E-state index in [-0.39, 0.29) is 19.8 Å². The second-order valence-electron chi connectivity index (χ2n) is 10.3. The molecule has 4 aromatic carbocycles. The van der Waals surface area contributed by atoms with Gasteiger partial charge in [0.1, 0.15) is 0 Å². The number of hydrogen-bond donors (Lipinski definition) is 0. The minimum Gasteiger partial charge on any atom is -0.699 e. The Morgan fingerprint density at radius 1 is 0.429 bits per heavy atom. The molecule has 0 amide bonds. The summed E-state index contributed by atoms with van der Waals surface area (Å²) in [5.74, 6) is 0. The molecule has 0 atom stereocenters. The summed E-state index contributed by atoms with van der Waals surface area (Å²) in [7, 11) is -10.7. The third-order valence-electron chi connectivity index (χ3n) is 6.67. The van der Waals surface area contributed by atoms with Gasteiger partial charge in [-0.1, -0.05) is 109 Å². The van der Waals surface area contributed by atoms with Crippen LogP contribution in [0.4, 0.5) is 30.9 Å². The van der Waals surface area contributed by atoms with Crippen LogP contribution in [-0.2, 0) is 19.8 Å². The summed E-state index contributed by atoms with van der Waals surface area (Å²) in [6, 6.07) is 42.1. The summed E-state index contributed by atoms with van der Waals surface area (Å²) in [4.78, 5) is 17.3. The van der Waals surface area contributed by atoms with Crippen molar-refractivity contribution in [2.75, 3.05) is 0 Å². The summed E-state index contributed by atoms with van der Waals surface area (Å²) < 4.78 is 59.2. The van der Waals surface area contributed by atoms with E-state index >= 15 is 0 Å². The van der Waals surface area contributed by atoms with E-state index in [1.54, 1.807) is 30.7 Å². The van der Waals surface area contributed by atoms with Crippen molar-refractivity contribution in [3.05, 3.63) is 158 Å².